The van der Waals surface area contributed by atoms with Crippen molar-refractivity contribution < 1.29 is 42.9 Å². The molecule has 10 heteroatoms. The normalized spacial score (nSPS) is 19.5. The van der Waals surface area contributed by atoms with E-state index in [9.17, 15) is 19.2 Å². The minimum Gasteiger partial charge on any atom is -0.464 e. The van der Waals surface area contributed by atoms with Gasteiger partial charge in [0.2, 0.25) is 5.54 Å². The highest BCUT2D eigenvalue weighted by molar-refractivity contribution is 6.10. The maximum absolute atomic E-state index is 13.1. The fourth-order valence-corrected chi connectivity index (χ4v) is 3.94. The van der Waals surface area contributed by atoms with Crippen LogP contribution < -0.4 is 5.32 Å². The second-order valence-electron chi connectivity index (χ2n) is 9.07. The maximum atomic E-state index is 13.1. The molecule has 1 aromatic carbocycles. The molecule has 1 aliphatic heterocycles. The number of rotatable bonds is 13. The summed E-state index contributed by atoms with van der Waals surface area (Å²) in [5.74, 6) is -4.26. The molecule has 1 fully saturated rings. The summed E-state index contributed by atoms with van der Waals surface area (Å²) in [5, 5.41) is 2.62. The first-order valence-electron chi connectivity index (χ1n) is 12.8. The van der Waals surface area contributed by atoms with Crippen LogP contribution in [-0.4, -0.2) is 68.2 Å². The van der Waals surface area contributed by atoms with Crippen molar-refractivity contribution in [1.29, 1.82) is 0 Å². The molecule has 1 heterocycles. The summed E-state index contributed by atoms with van der Waals surface area (Å²) in [5.41, 5.74) is -0.697. The van der Waals surface area contributed by atoms with E-state index in [2.05, 4.69) is 5.32 Å². The Kier molecular flexibility index (Phi) is 11.5. The molecule has 0 atom stereocenters. The molecule has 1 aromatic rings. The minimum atomic E-state index is -1.98. The van der Waals surface area contributed by atoms with Crippen molar-refractivity contribution in [2.45, 2.75) is 71.6 Å². The lowest BCUT2D eigenvalue weighted by Gasteiger charge is -2.35. The Morgan fingerprint density at radius 2 is 1.46 bits per heavy atom. The lowest BCUT2D eigenvalue weighted by atomic mass is 9.90. The van der Waals surface area contributed by atoms with Gasteiger partial charge in [-0.1, -0.05) is 24.1 Å². The van der Waals surface area contributed by atoms with Crippen molar-refractivity contribution >= 4 is 23.8 Å². The zero-order valence-corrected chi connectivity index (χ0v) is 22.4. The van der Waals surface area contributed by atoms with Crippen molar-refractivity contribution in [3.05, 3.63) is 35.4 Å². The highest BCUT2D eigenvalue weighted by Gasteiger charge is 2.50. The molecular formula is C27H39NO9. The SMILES string of the molecule is CCOC(=O)C(CCCC[C@H]1CO[C@@](C)(C(=O)OCC)OC1)(NC(=O)c1ccc(C)cc1)C(=O)OCC. The fraction of sp³-hybridized carbons (Fsp3) is 0.630. The van der Waals surface area contributed by atoms with Gasteiger partial charge < -0.3 is 29.0 Å². The van der Waals surface area contributed by atoms with Crippen molar-refractivity contribution in [3.8, 4) is 0 Å². The van der Waals surface area contributed by atoms with Crippen molar-refractivity contribution in [3.63, 3.8) is 0 Å². The zero-order valence-electron chi connectivity index (χ0n) is 22.4. The van der Waals surface area contributed by atoms with Crippen molar-refractivity contribution in [2.75, 3.05) is 33.0 Å². The van der Waals surface area contributed by atoms with Crippen LogP contribution in [0.3, 0.4) is 0 Å². The lowest BCUT2D eigenvalue weighted by Crippen LogP contribution is -2.61. The standard InChI is InChI=1S/C27H39NO9/c1-6-33-23(30)26(5)36-17-20(18-37-26)11-9-10-16-27(24(31)34-7-2,25(32)35-8-3)28-22(29)21-14-12-19(4)13-15-21/h12-15,20H,6-11,16-18H2,1-5H3,(H,28,29)/t20-,26+. The van der Waals surface area contributed by atoms with Crippen LogP contribution in [0.5, 0.6) is 0 Å². The maximum Gasteiger partial charge on any atom is 0.366 e. The zero-order chi connectivity index (χ0) is 27.5. The van der Waals surface area contributed by atoms with Gasteiger partial charge in [0.1, 0.15) is 0 Å². The van der Waals surface area contributed by atoms with E-state index in [1.165, 1.54) is 6.92 Å². The van der Waals surface area contributed by atoms with Crippen LogP contribution in [0.4, 0.5) is 0 Å². The van der Waals surface area contributed by atoms with Gasteiger partial charge in [-0.05, 0) is 59.1 Å². The van der Waals surface area contributed by atoms with Crippen LogP contribution >= 0.6 is 0 Å². The average Bonchev–Trinajstić information content (AvgIpc) is 2.87. The average molecular weight is 522 g/mol. The molecule has 0 aliphatic carbocycles. The summed E-state index contributed by atoms with van der Waals surface area (Å²) in [6.07, 6.45) is 1.68. The van der Waals surface area contributed by atoms with Crippen LogP contribution in [-0.2, 0) is 38.1 Å². The van der Waals surface area contributed by atoms with Gasteiger partial charge in [0.15, 0.2) is 0 Å². The van der Waals surface area contributed by atoms with E-state index in [0.717, 1.165) is 5.56 Å². The van der Waals surface area contributed by atoms with E-state index in [4.69, 9.17) is 23.7 Å². The largest absolute Gasteiger partial charge is 0.464 e. The minimum absolute atomic E-state index is 0.00273. The first-order chi connectivity index (χ1) is 17.6. The number of esters is 3. The first kappa shape index (κ1) is 30.2. The molecule has 1 N–H and O–H groups in total. The van der Waals surface area contributed by atoms with Crippen LogP contribution in [0, 0.1) is 12.8 Å². The van der Waals surface area contributed by atoms with Crippen molar-refractivity contribution in [2.24, 2.45) is 5.92 Å². The van der Waals surface area contributed by atoms with E-state index in [1.807, 2.05) is 6.92 Å². The van der Waals surface area contributed by atoms with Gasteiger partial charge in [0.05, 0.1) is 33.0 Å². The van der Waals surface area contributed by atoms with Crippen LogP contribution in [0.25, 0.3) is 0 Å². The predicted octanol–water partition coefficient (Wildman–Crippen LogP) is 3.09. The Labute approximate surface area is 218 Å². The number of nitrogens with one attached hydrogen (secondary N) is 1. The van der Waals surface area contributed by atoms with E-state index in [0.29, 0.717) is 38.0 Å². The molecule has 0 radical (unpaired) electrons. The quantitative estimate of drug-likeness (QED) is 0.180. The number of carbonyl (C=O) groups is 4. The molecular weight excluding hydrogens is 482 g/mol. The summed E-state index contributed by atoms with van der Waals surface area (Å²) >= 11 is 0. The monoisotopic (exact) mass is 521 g/mol. The van der Waals surface area contributed by atoms with Gasteiger partial charge >= 0.3 is 17.9 Å². The van der Waals surface area contributed by atoms with Gasteiger partial charge in [0, 0.05) is 18.4 Å². The third kappa shape index (κ3) is 8.00. The molecule has 0 bridgehead atoms. The highest BCUT2D eigenvalue weighted by Crippen LogP contribution is 2.27. The van der Waals surface area contributed by atoms with Gasteiger partial charge in [-0.3, -0.25) is 4.79 Å². The Hall–Kier alpha value is -2.98. The number of unbranched alkanes of at least 4 members (excludes halogenated alkanes) is 1. The molecule has 1 aliphatic rings. The topological polar surface area (TPSA) is 126 Å². The second kappa shape index (κ2) is 14.1. The molecule has 1 saturated heterocycles. The van der Waals surface area contributed by atoms with Crippen molar-refractivity contribution in [1.82, 2.24) is 5.32 Å². The first-order valence-corrected chi connectivity index (χ1v) is 12.8. The summed E-state index contributed by atoms with van der Waals surface area (Å²) in [6.45, 7) is 9.31. The smallest absolute Gasteiger partial charge is 0.366 e. The van der Waals surface area contributed by atoms with Gasteiger partial charge in [0.25, 0.3) is 11.7 Å². The third-order valence-electron chi connectivity index (χ3n) is 6.14. The van der Waals surface area contributed by atoms with Crippen LogP contribution in [0.15, 0.2) is 24.3 Å². The molecule has 2 rings (SSSR count). The van der Waals surface area contributed by atoms with Gasteiger partial charge in [-0.2, -0.15) is 0 Å². The van der Waals surface area contributed by atoms with Crippen LogP contribution in [0.1, 0.15) is 69.3 Å². The molecule has 1 amide bonds. The van der Waals surface area contributed by atoms with E-state index in [-0.39, 0.29) is 32.2 Å². The molecule has 10 nitrogen and oxygen atoms in total. The summed E-state index contributed by atoms with van der Waals surface area (Å²) in [6, 6.07) is 6.79. The van der Waals surface area contributed by atoms with Gasteiger partial charge in [-0.15, -0.1) is 0 Å². The number of amides is 1. The molecule has 0 spiro atoms. The number of hydrogen-bond donors (Lipinski definition) is 1. The summed E-state index contributed by atoms with van der Waals surface area (Å²) in [4.78, 5) is 51.2. The molecule has 0 unspecified atom stereocenters. The fourth-order valence-electron chi connectivity index (χ4n) is 3.94. The number of aryl methyl sites for hydroxylation is 1. The summed E-state index contributed by atoms with van der Waals surface area (Å²) < 4.78 is 26.7. The Morgan fingerprint density at radius 3 is 1.97 bits per heavy atom. The number of hydrogen-bond acceptors (Lipinski definition) is 9. The Bertz CT molecular complexity index is 902. The van der Waals surface area contributed by atoms with E-state index < -0.39 is 35.1 Å². The Morgan fingerprint density at radius 1 is 0.919 bits per heavy atom. The predicted molar refractivity (Wildman–Crippen MR) is 134 cm³/mol. The lowest BCUT2D eigenvalue weighted by molar-refractivity contribution is -0.274. The van der Waals surface area contributed by atoms with Crippen LogP contribution in [0.2, 0.25) is 0 Å². The number of benzene rings is 1. The molecule has 37 heavy (non-hydrogen) atoms. The highest BCUT2D eigenvalue weighted by atomic mass is 16.7. The summed E-state index contributed by atoms with van der Waals surface area (Å²) in [7, 11) is 0. The van der Waals surface area contributed by atoms with E-state index in [1.54, 1.807) is 45.0 Å². The van der Waals surface area contributed by atoms with Gasteiger partial charge in [-0.25, -0.2) is 14.4 Å². The second-order valence-corrected chi connectivity index (χ2v) is 9.07. The Balaban J connectivity index is 2.08. The number of ether oxygens (including phenoxy) is 5. The molecule has 0 aromatic heterocycles. The van der Waals surface area contributed by atoms with E-state index >= 15 is 0 Å². The third-order valence-corrected chi connectivity index (χ3v) is 6.14. The number of carbonyl (C=O) groups excluding carboxylic acids is 4. The molecule has 0 saturated carbocycles. The molecule has 206 valence electrons.